The van der Waals surface area contributed by atoms with Crippen molar-refractivity contribution in [2.45, 2.75) is 57.7 Å². The Morgan fingerprint density at radius 2 is 2.11 bits per heavy atom. The first-order valence-corrected chi connectivity index (χ1v) is 12.8. The number of hydrogen-bond donors (Lipinski definition) is 1. The highest BCUT2D eigenvalue weighted by Gasteiger charge is 2.34. The minimum Gasteiger partial charge on any atom is -0.395 e. The molecule has 2 aliphatic rings. The van der Waals surface area contributed by atoms with Crippen molar-refractivity contribution in [1.29, 1.82) is 5.26 Å². The lowest BCUT2D eigenvalue weighted by molar-refractivity contribution is 0.0950. The van der Waals surface area contributed by atoms with Gasteiger partial charge in [-0.1, -0.05) is 42.3 Å². The topological polar surface area (TPSA) is 90.9 Å². The first-order valence-electron chi connectivity index (χ1n) is 12.1. The quantitative estimate of drug-likeness (QED) is 0.503. The van der Waals surface area contributed by atoms with Crippen molar-refractivity contribution in [2.75, 3.05) is 13.2 Å². The molecule has 1 fully saturated rings. The van der Waals surface area contributed by atoms with Crippen molar-refractivity contribution in [1.82, 2.24) is 24.6 Å². The summed E-state index contributed by atoms with van der Waals surface area (Å²) in [5.41, 5.74) is 4.10. The van der Waals surface area contributed by atoms with Crippen LogP contribution in [0.1, 0.15) is 62.5 Å². The molecule has 1 saturated heterocycles. The summed E-state index contributed by atoms with van der Waals surface area (Å²) < 4.78 is 1.73. The van der Waals surface area contributed by atoms with Crippen LogP contribution in [0.3, 0.4) is 0 Å². The number of aromatic nitrogens is 4. The molecule has 9 heteroatoms. The number of aliphatic hydroxyl groups excluding tert-OH is 1. The van der Waals surface area contributed by atoms with Gasteiger partial charge in [0.2, 0.25) is 0 Å². The summed E-state index contributed by atoms with van der Waals surface area (Å²) in [6, 6.07) is 7.95. The third kappa shape index (κ3) is 4.45. The molecule has 1 aromatic carbocycles. The zero-order chi connectivity index (χ0) is 24.7. The molecule has 2 aromatic heterocycles. The lowest BCUT2D eigenvalue weighted by Gasteiger charge is -2.38. The van der Waals surface area contributed by atoms with E-state index >= 15 is 0 Å². The van der Waals surface area contributed by atoms with Crippen molar-refractivity contribution in [3.63, 3.8) is 0 Å². The van der Waals surface area contributed by atoms with Gasteiger partial charge in [-0.25, -0.2) is 14.6 Å². The largest absolute Gasteiger partial charge is 0.395 e. The molecule has 3 heterocycles. The molecule has 182 valence electrons. The van der Waals surface area contributed by atoms with Gasteiger partial charge in [-0.15, -0.1) is 0 Å². The van der Waals surface area contributed by atoms with Gasteiger partial charge in [0.25, 0.3) is 0 Å². The van der Waals surface area contributed by atoms with Crippen molar-refractivity contribution in [2.24, 2.45) is 5.92 Å². The van der Waals surface area contributed by atoms with Crippen LogP contribution in [0.5, 0.6) is 0 Å². The lowest BCUT2D eigenvalue weighted by Crippen LogP contribution is -2.45. The van der Waals surface area contributed by atoms with Crippen LogP contribution in [0.25, 0.3) is 16.7 Å². The molecule has 35 heavy (non-hydrogen) atoms. The molecule has 4 atom stereocenters. The van der Waals surface area contributed by atoms with Gasteiger partial charge in [0.05, 0.1) is 24.5 Å². The Morgan fingerprint density at radius 3 is 2.83 bits per heavy atom. The smallest absolute Gasteiger partial charge is 0.190 e. The van der Waals surface area contributed by atoms with E-state index < -0.39 is 0 Å². The van der Waals surface area contributed by atoms with Gasteiger partial charge < -0.3 is 5.11 Å². The second-order valence-electron chi connectivity index (χ2n) is 9.55. The Kier molecular flexibility index (Phi) is 6.82. The Hall–Kier alpha value is -2.50. The number of likely N-dealkylation sites (tertiary alicyclic amines) is 1. The molecule has 0 spiro atoms. The highest BCUT2D eigenvalue weighted by atomic mass is 35.5. The standard InChI is InChI=1S/C26H28Cl2N6O/c1-15-10-17(5-8-24(15)33-9-3-4-19(33)14-35)23-13-30-25-22(12-29)32-34(26(25)31-23)16(2)20-7-6-18(27)11-21(20)28/h6-7,10-11,13,15-16,19,24,35H,3-5,8-9,14H2,1-2H3/t15-,16-,19?,24?/m1/s1. The van der Waals surface area contributed by atoms with E-state index in [1.165, 1.54) is 0 Å². The molecule has 0 bridgehead atoms. The Balaban J connectivity index is 1.50. The van der Waals surface area contributed by atoms with Crippen LogP contribution in [0.4, 0.5) is 0 Å². The minimum atomic E-state index is -0.261. The SMILES string of the molecule is C[C@@H]1C=C(c2cnc3c(C#N)nn([C@H](C)c4ccc(Cl)cc4Cl)c3n2)CCC1N1CCCC1CO. The van der Waals surface area contributed by atoms with Gasteiger partial charge in [0, 0.05) is 22.1 Å². The molecule has 0 radical (unpaired) electrons. The summed E-state index contributed by atoms with van der Waals surface area (Å²) in [5.74, 6) is 0.342. The molecule has 3 aromatic rings. The zero-order valence-corrected chi connectivity index (χ0v) is 21.3. The summed E-state index contributed by atoms with van der Waals surface area (Å²) in [4.78, 5) is 12.0. The fourth-order valence-corrected chi connectivity index (χ4v) is 6.20. The number of nitriles is 1. The normalized spacial score (nSPS) is 23.9. The number of allylic oxidation sites excluding steroid dienone is 1. The number of aliphatic hydroxyl groups is 1. The average Bonchev–Trinajstić information content (AvgIpc) is 3.47. The summed E-state index contributed by atoms with van der Waals surface area (Å²) in [6.45, 7) is 5.49. The van der Waals surface area contributed by atoms with E-state index in [4.69, 9.17) is 28.2 Å². The van der Waals surface area contributed by atoms with Crippen LogP contribution in [0.2, 0.25) is 10.0 Å². The second-order valence-corrected chi connectivity index (χ2v) is 10.4. The lowest BCUT2D eigenvalue weighted by atomic mass is 9.84. The van der Waals surface area contributed by atoms with Crippen molar-refractivity contribution in [3.05, 3.63) is 57.5 Å². The highest BCUT2D eigenvalue weighted by Crippen LogP contribution is 2.36. The van der Waals surface area contributed by atoms with E-state index in [1.54, 1.807) is 23.0 Å². The second kappa shape index (κ2) is 9.87. The third-order valence-electron chi connectivity index (χ3n) is 7.46. The fraction of sp³-hybridized carbons (Fsp3) is 0.462. The maximum atomic E-state index is 9.77. The predicted octanol–water partition coefficient (Wildman–Crippen LogP) is 5.25. The summed E-state index contributed by atoms with van der Waals surface area (Å²) in [7, 11) is 0. The van der Waals surface area contributed by atoms with Gasteiger partial charge in [0.1, 0.15) is 11.6 Å². The first-order chi connectivity index (χ1) is 16.9. The fourth-order valence-electron chi connectivity index (χ4n) is 5.63. The molecule has 2 unspecified atom stereocenters. The molecule has 7 nitrogen and oxygen atoms in total. The number of benzene rings is 1. The minimum absolute atomic E-state index is 0.225. The van der Waals surface area contributed by atoms with E-state index in [1.807, 2.05) is 13.0 Å². The van der Waals surface area contributed by atoms with Gasteiger partial charge in [-0.2, -0.15) is 10.4 Å². The number of hydrogen-bond acceptors (Lipinski definition) is 6. The van der Waals surface area contributed by atoms with Crippen LogP contribution in [-0.2, 0) is 0 Å². The van der Waals surface area contributed by atoms with E-state index in [2.05, 4.69) is 34.1 Å². The van der Waals surface area contributed by atoms with E-state index in [0.29, 0.717) is 33.2 Å². The van der Waals surface area contributed by atoms with Crippen LogP contribution >= 0.6 is 23.2 Å². The van der Waals surface area contributed by atoms with Gasteiger partial charge >= 0.3 is 0 Å². The van der Waals surface area contributed by atoms with Gasteiger partial charge in [0.15, 0.2) is 11.3 Å². The zero-order valence-electron chi connectivity index (χ0n) is 19.8. The molecular weight excluding hydrogens is 483 g/mol. The summed E-state index contributed by atoms with van der Waals surface area (Å²) in [6.07, 6.45) is 8.17. The summed E-state index contributed by atoms with van der Waals surface area (Å²) in [5, 5.41) is 25.0. The van der Waals surface area contributed by atoms with Crippen LogP contribution in [-0.4, -0.2) is 55.0 Å². The molecule has 1 N–H and O–H groups in total. The Morgan fingerprint density at radius 1 is 1.29 bits per heavy atom. The number of fused-ring (bicyclic) bond motifs is 1. The average molecular weight is 511 g/mol. The van der Waals surface area contributed by atoms with Crippen LogP contribution in [0, 0.1) is 17.2 Å². The first kappa shape index (κ1) is 24.2. The Bertz CT molecular complexity index is 1330. The van der Waals surface area contributed by atoms with E-state index in [0.717, 1.165) is 49.1 Å². The van der Waals surface area contributed by atoms with Crippen molar-refractivity contribution >= 4 is 39.9 Å². The molecule has 0 amide bonds. The Labute approximate surface area is 215 Å². The van der Waals surface area contributed by atoms with E-state index in [-0.39, 0.29) is 24.4 Å². The molecular formula is C26H28Cl2N6O. The maximum absolute atomic E-state index is 9.77. The van der Waals surface area contributed by atoms with E-state index in [9.17, 15) is 10.4 Å². The van der Waals surface area contributed by atoms with Gasteiger partial charge in [-0.3, -0.25) is 4.90 Å². The predicted molar refractivity (Wildman–Crippen MR) is 137 cm³/mol. The number of nitrogens with zero attached hydrogens (tertiary/aromatic N) is 6. The van der Waals surface area contributed by atoms with Crippen molar-refractivity contribution < 1.29 is 5.11 Å². The molecule has 1 aliphatic carbocycles. The van der Waals surface area contributed by atoms with Crippen LogP contribution in [0.15, 0.2) is 30.5 Å². The maximum Gasteiger partial charge on any atom is 0.190 e. The van der Waals surface area contributed by atoms with Crippen molar-refractivity contribution in [3.8, 4) is 6.07 Å². The van der Waals surface area contributed by atoms with Crippen LogP contribution < -0.4 is 0 Å². The third-order valence-corrected chi connectivity index (χ3v) is 8.02. The molecule has 0 saturated carbocycles. The van der Waals surface area contributed by atoms with Gasteiger partial charge in [-0.05, 0) is 68.3 Å². The monoisotopic (exact) mass is 510 g/mol. The molecule has 5 rings (SSSR count). The number of rotatable bonds is 5. The summed E-state index contributed by atoms with van der Waals surface area (Å²) >= 11 is 12.5. The number of halogens is 2. The highest BCUT2D eigenvalue weighted by molar-refractivity contribution is 6.35. The molecule has 1 aliphatic heterocycles.